The predicted octanol–water partition coefficient (Wildman–Crippen LogP) is 1.70. The van der Waals surface area contributed by atoms with Crippen LogP contribution in [-0.4, -0.2) is 22.2 Å². The lowest BCUT2D eigenvalue weighted by Crippen LogP contribution is -2.26. The normalized spacial score (nSPS) is 13.4. The van der Waals surface area contributed by atoms with Gasteiger partial charge in [-0.3, -0.25) is 4.79 Å². The van der Waals surface area contributed by atoms with Crippen LogP contribution in [0.1, 0.15) is 18.1 Å². The molecule has 2 rings (SSSR count). The number of para-hydroxylation sites is 2. The van der Waals surface area contributed by atoms with E-state index >= 15 is 0 Å². The van der Waals surface area contributed by atoms with Crippen molar-refractivity contribution in [2.45, 2.75) is 18.6 Å². The van der Waals surface area contributed by atoms with E-state index in [1.807, 2.05) is 36.4 Å². The molecule has 5 nitrogen and oxygen atoms in total. The molecule has 0 aromatic heterocycles. The van der Waals surface area contributed by atoms with Gasteiger partial charge in [-0.25, -0.2) is 0 Å². The molecule has 0 aliphatic rings. The van der Waals surface area contributed by atoms with Crippen molar-refractivity contribution >= 4 is 17.3 Å². The molecule has 1 amide bonds. The van der Waals surface area contributed by atoms with Crippen LogP contribution in [0.2, 0.25) is 0 Å². The Morgan fingerprint density at radius 2 is 1.67 bits per heavy atom. The maximum Gasteiger partial charge on any atom is 0.220 e. The predicted molar refractivity (Wildman–Crippen MR) is 80.9 cm³/mol. The summed E-state index contributed by atoms with van der Waals surface area (Å²) in [5.41, 5.74) is 7.08. The van der Waals surface area contributed by atoms with E-state index in [0.717, 1.165) is 5.69 Å². The van der Waals surface area contributed by atoms with Crippen molar-refractivity contribution in [1.29, 1.82) is 0 Å². The lowest BCUT2D eigenvalue weighted by molar-refractivity contribution is -0.121. The number of nitrogens with one attached hydrogen (secondary N) is 1. The average Bonchev–Trinajstić information content (AvgIpc) is 2.47. The third-order valence-corrected chi connectivity index (χ3v) is 3.11. The number of aliphatic hydroxyl groups is 2. The number of hydrogen-bond donors (Lipinski definition) is 4. The highest BCUT2D eigenvalue weighted by atomic mass is 16.3. The van der Waals surface area contributed by atoms with Gasteiger partial charge in [0, 0.05) is 16.9 Å². The SMILES string of the molecule is NC(=O)CC(O)C(O)c1ccccc1Nc1ccccc1. The van der Waals surface area contributed by atoms with Crippen LogP contribution in [0.5, 0.6) is 0 Å². The van der Waals surface area contributed by atoms with Crippen LogP contribution in [0.25, 0.3) is 0 Å². The number of carbonyl (C=O) groups excluding carboxylic acids is 1. The molecule has 0 aliphatic heterocycles. The Kier molecular flexibility index (Phi) is 4.92. The highest BCUT2D eigenvalue weighted by molar-refractivity contribution is 5.74. The number of nitrogens with two attached hydrogens (primary N) is 1. The summed E-state index contributed by atoms with van der Waals surface area (Å²) in [6.07, 6.45) is -2.72. The molecule has 0 aliphatic carbocycles. The van der Waals surface area contributed by atoms with E-state index in [4.69, 9.17) is 5.73 Å². The maximum absolute atomic E-state index is 10.9. The fourth-order valence-electron chi connectivity index (χ4n) is 2.07. The summed E-state index contributed by atoms with van der Waals surface area (Å²) in [6.45, 7) is 0. The minimum atomic E-state index is -1.23. The number of carbonyl (C=O) groups is 1. The van der Waals surface area contributed by atoms with Crippen LogP contribution in [0.3, 0.4) is 0 Å². The Labute approximate surface area is 123 Å². The minimum Gasteiger partial charge on any atom is -0.390 e. The molecule has 0 saturated heterocycles. The first kappa shape index (κ1) is 15.0. The van der Waals surface area contributed by atoms with Crippen molar-refractivity contribution in [2.75, 3.05) is 5.32 Å². The Morgan fingerprint density at radius 3 is 2.33 bits per heavy atom. The molecule has 0 spiro atoms. The molecule has 2 atom stereocenters. The van der Waals surface area contributed by atoms with E-state index in [9.17, 15) is 15.0 Å². The fourth-order valence-corrected chi connectivity index (χ4v) is 2.07. The smallest absolute Gasteiger partial charge is 0.220 e. The fraction of sp³-hybridized carbons (Fsp3) is 0.188. The van der Waals surface area contributed by atoms with E-state index in [0.29, 0.717) is 11.3 Å². The molecular weight excluding hydrogens is 268 g/mol. The summed E-state index contributed by atoms with van der Waals surface area (Å²) >= 11 is 0. The molecular formula is C16H18N2O3. The Hall–Kier alpha value is -2.37. The van der Waals surface area contributed by atoms with E-state index in [1.54, 1.807) is 18.2 Å². The van der Waals surface area contributed by atoms with Gasteiger partial charge >= 0.3 is 0 Å². The zero-order chi connectivity index (χ0) is 15.2. The van der Waals surface area contributed by atoms with Gasteiger partial charge in [-0.15, -0.1) is 0 Å². The highest BCUT2D eigenvalue weighted by Crippen LogP contribution is 2.28. The second kappa shape index (κ2) is 6.88. The van der Waals surface area contributed by atoms with E-state index in [-0.39, 0.29) is 6.42 Å². The quantitative estimate of drug-likeness (QED) is 0.650. The van der Waals surface area contributed by atoms with Gasteiger partial charge in [-0.1, -0.05) is 36.4 Å². The summed E-state index contributed by atoms with van der Waals surface area (Å²) in [4.78, 5) is 10.9. The van der Waals surface area contributed by atoms with Crippen LogP contribution in [-0.2, 0) is 4.79 Å². The second-order valence-electron chi connectivity index (χ2n) is 4.76. The van der Waals surface area contributed by atoms with Gasteiger partial charge in [0.2, 0.25) is 5.91 Å². The molecule has 0 heterocycles. The van der Waals surface area contributed by atoms with Crippen LogP contribution < -0.4 is 11.1 Å². The summed E-state index contributed by atoms with van der Waals surface area (Å²) < 4.78 is 0. The van der Waals surface area contributed by atoms with E-state index in [2.05, 4.69) is 5.32 Å². The topological polar surface area (TPSA) is 95.6 Å². The first-order chi connectivity index (χ1) is 10.1. The summed E-state index contributed by atoms with van der Waals surface area (Å²) in [5, 5.41) is 23.2. The van der Waals surface area contributed by atoms with Crippen molar-refractivity contribution < 1.29 is 15.0 Å². The van der Waals surface area contributed by atoms with Gasteiger partial charge in [0.1, 0.15) is 6.10 Å². The number of anilines is 2. The third-order valence-electron chi connectivity index (χ3n) is 3.11. The van der Waals surface area contributed by atoms with Gasteiger partial charge in [0.15, 0.2) is 0 Å². The van der Waals surface area contributed by atoms with Crippen molar-refractivity contribution in [2.24, 2.45) is 5.73 Å². The van der Waals surface area contributed by atoms with Gasteiger partial charge in [-0.05, 0) is 18.2 Å². The van der Waals surface area contributed by atoms with Gasteiger partial charge < -0.3 is 21.3 Å². The van der Waals surface area contributed by atoms with Crippen molar-refractivity contribution in [3.63, 3.8) is 0 Å². The number of benzene rings is 2. The largest absolute Gasteiger partial charge is 0.390 e. The molecule has 0 saturated carbocycles. The molecule has 2 aromatic carbocycles. The number of aliphatic hydroxyl groups excluding tert-OH is 2. The number of hydrogen-bond acceptors (Lipinski definition) is 4. The lowest BCUT2D eigenvalue weighted by atomic mass is 10.00. The molecule has 21 heavy (non-hydrogen) atoms. The molecule has 0 radical (unpaired) electrons. The highest BCUT2D eigenvalue weighted by Gasteiger charge is 2.22. The molecule has 2 aromatic rings. The number of amides is 1. The van der Waals surface area contributed by atoms with Crippen molar-refractivity contribution in [3.8, 4) is 0 Å². The zero-order valence-electron chi connectivity index (χ0n) is 11.4. The Bertz CT molecular complexity index is 601. The van der Waals surface area contributed by atoms with Gasteiger partial charge in [0.25, 0.3) is 0 Å². The summed E-state index contributed by atoms with van der Waals surface area (Å²) in [7, 11) is 0. The lowest BCUT2D eigenvalue weighted by Gasteiger charge is -2.20. The molecule has 2 unspecified atom stereocenters. The van der Waals surface area contributed by atoms with Crippen LogP contribution >= 0.6 is 0 Å². The van der Waals surface area contributed by atoms with Gasteiger partial charge in [-0.2, -0.15) is 0 Å². The first-order valence-electron chi connectivity index (χ1n) is 6.63. The van der Waals surface area contributed by atoms with Crippen molar-refractivity contribution in [3.05, 3.63) is 60.2 Å². The summed E-state index contributed by atoms with van der Waals surface area (Å²) in [6, 6.07) is 16.5. The Morgan fingerprint density at radius 1 is 1.05 bits per heavy atom. The molecule has 0 bridgehead atoms. The molecule has 110 valence electrons. The summed E-state index contributed by atoms with van der Waals surface area (Å²) in [5.74, 6) is -0.657. The van der Waals surface area contributed by atoms with Gasteiger partial charge in [0.05, 0.1) is 12.5 Å². The monoisotopic (exact) mass is 286 g/mol. The van der Waals surface area contributed by atoms with E-state index < -0.39 is 18.1 Å². The third kappa shape index (κ3) is 4.05. The molecule has 0 fully saturated rings. The number of primary amides is 1. The molecule has 5 heteroatoms. The minimum absolute atomic E-state index is 0.291. The van der Waals surface area contributed by atoms with Crippen LogP contribution in [0.4, 0.5) is 11.4 Å². The van der Waals surface area contributed by atoms with Crippen LogP contribution in [0.15, 0.2) is 54.6 Å². The first-order valence-corrected chi connectivity index (χ1v) is 6.63. The standard InChI is InChI=1S/C16H18N2O3/c17-15(20)10-14(19)16(21)12-8-4-5-9-13(12)18-11-6-2-1-3-7-11/h1-9,14,16,18-19,21H,10H2,(H2,17,20). The van der Waals surface area contributed by atoms with Crippen molar-refractivity contribution in [1.82, 2.24) is 0 Å². The van der Waals surface area contributed by atoms with Crippen LogP contribution in [0, 0.1) is 0 Å². The maximum atomic E-state index is 10.9. The second-order valence-corrected chi connectivity index (χ2v) is 4.76. The Balaban J connectivity index is 2.22. The molecule has 5 N–H and O–H groups in total. The zero-order valence-corrected chi connectivity index (χ0v) is 11.4. The van der Waals surface area contributed by atoms with E-state index in [1.165, 1.54) is 0 Å². The number of rotatable bonds is 6. The average molecular weight is 286 g/mol.